The number of piperidine rings is 2. The van der Waals surface area contributed by atoms with Crippen LogP contribution in [0.15, 0.2) is 24.3 Å². The average molecular weight is 469 g/mol. The highest BCUT2D eigenvalue weighted by Crippen LogP contribution is 2.40. The summed E-state index contributed by atoms with van der Waals surface area (Å²) >= 11 is 0. The maximum absolute atomic E-state index is 2.93. The molecular formula is C32H56N2. The Kier molecular flexibility index (Phi) is 12.1. The third-order valence-electron chi connectivity index (χ3n) is 9.58. The molecule has 194 valence electrons. The molecule has 0 aliphatic carbocycles. The summed E-state index contributed by atoms with van der Waals surface area (Å²) in [4.78, 5) is 5.80. The fourth-order valence-corrected chi connectivity index (χ4v) is 7.69. The van der Waals surface area contributed by atoms with Gasteiger partial charge in [-0.1, -0.05) is 50.0 Å². The zero-order chi connectivity index (χ0) is 23.3. The molecule has 34 heavy (non-hydrogen) atoms. The van der Waals surface area contributed by atoms with Crippen molar-refractivity contribution in [3.63, 3.8) is 0 Å². The van der Waals surface area contributed by atoms with Crippen molar-refractivity contribution in [1.82, 2.24) is 9.80 Å². The van der Waals surface area contributed by atoms with Gasteiger partial charge in [-0.05, 0) is 133 Å². The molecule has 2 heteroatoms. The van der Waals surface area contributed by atoms with Gasteiger partial charge in [-0.15, -0.1) is 0 Å². The molecule has 6 bridgehead atoms. The summed E-state index contributed by atoms with van der Waals surface area (Å²) in [5.41, 5.74) is 0. The lowest BCUT2D eigenvalue weighted by Gasteiger charge is -2.47. The molecule has 6 atom stereocenters. The molecule has 5 heterocycles. The maximum Gasteiger partial charge on any atom is 0.00127 e. The zero-order valence-corrected chi connectivity index (χ0v) is 22.5. The highest BCUT2D eigenvalue weighted by Gasteiger charge is 2.38. The van der Waals surface area contributed by atoms with E-state index in [9.17, 15) is 0 Å². The zero-order valence-electron chi connectivity index (χ0n) is 22.5. The first-order valence-electron chi connectivity index (χ1n) is 15.6. The summed E-state index contributed by atoms with van der Waals surface area (Å²) in [6.45, 7) is 8.30. The van der Waals surface area contributed by atoms with E-state index in [0.29, 0.717) is 0 Å². The maximum atomic E-state index is 2.93. The quantitative estimate of drug-likeness (QED) is 0.330. The molecule has 0 spiro atoms. The molecule has 5 rings (SSSR count). The molecule has 0 aromatic rings. The average Bonchev–Trinajstić information content (AvgIpc) is 2.85. The number of hydrogen-bond donors (Lipinski definition) is 0. The Morgan fingerprint density at radius 2 is 1.03 bits per heavy atom. The van der Waals surface area contributed by atoms with Crippen LogP contribution in [0.3, 0.4) is 0 Å². The van der Waals surface area contributed by atoms with Crippen molar-refractivity contribution in [3.05, 3.63) is 24.3 Å². The van der Waals surface area contributed by atoms with Crippen LogP contribution in [-0.2, 0) is 0 Å². The molecule has 0 amide bonds. The molecule has 5 aliphatic rings. The van der Waals surface area contributed by atoms with Crippen molar-refractivity contribution >= 4 is 0 Å². The van der Waals surface area contributed by atoms with Gasteiger partial charge in [0.25, 0.3) is 0 Å². The van der Waals surface area contributed by atoms with E-state index in [4.69, 9.17) is 0 Å². The highest BCUT2D eigenvalue weighted by atomic mass is 15.1. The third-order valence-corrected chi connectivity index (χ3v) is 9.58. The molecule has 0 radical (unpaired) electrons. The van der Waals surface area contributed by atoms with Crippen LogP contribution in [0.5, 0.6) is 0 Å². The van der Waals surface area contributed by atoms with Gasteiger partial charge in [0.05, 0.1) is 0 Å². The molecule has 2 nitrogen and oxygen atoms in total. The van der Waals surface area contributed by atoms with Crippen molar-refractivity contribution in [3.8, 4) is 0 Å². The Bertz CT molecular complexity index is 582. The molecule has 5 aliphatic heterocycles. The van der Waals surface area contributed by atoms with Crippen LogP contribution >= 0.6 is 0 Å². The Morgan fingerprint density at radius 1 is 0.441 bits per heavy atom. The minimum atomic E-state index is 0.957. The normalized spacial score (nSPS) is 39.8. The first kappa shape index (κ1) is 26.5. The molecular weight excluding hydrogens is 412 g/mol. The summed E-state index contributed by atoms with van der Waals surface area (Å²) in [5.74, 6) is 3.89. The second-order valence-electron chi connectivity index (χ2n) is 12.3. The first-order chi connectivity index (χ1) is 16.9. The molecule has 0 saturated carbocycles. The molecule has 0 N–H and O–H groups in total. The standard InChI is InChI=1S/C32H56N2/c1-2-5-10-14-18-23-34-26-29-19-15-11-7-4-6-9-13-17-22-33-24-21-32(31(25-29)28-34)30(27-33)20-16-12-8-3-1/h2,4-6,29-32H,1,3,7-28H2/b5-2-,6-4-/t29-,30?,31+,32-/m0/s1. The summed E-state index contributed by atoms with van der Waals surface area (Å²) in [7, 11) is 0. The van der Waals surface area contributed by atoms with Crippen molar-refractivity contribution < 1.29 is 0 Å². The summed E-state index contributed by atoms with van der Waals surface area (Å²) in [6.07, 6.45) is 35.4. The van der Waals surface area contributed by atoms with E-state index >= 15 is 0 Å². The van der Waals surface area contributed by atoms with Gasteiger partial charge >= 0.3 is 0 Å². The van der Waals surface area contributed by atoms with E-state index in [0.717, 1.165) is 23.7 Å². The van der Waals surface area contributed by atoms with Crippen LogP contribution in [0.4, 0.5) is 0 Å². The Hall–Kier alpha value is -0.600. The SMILES string of the molecule is C1=C\CCCCN2C[C@H]3CCCC/C=C\CCCCN4CC[C@@H](C(CCCCCC/1)C4)[C@H](C3)C2. The van der Waals surface area contributed by atoms with E-state index in [1.165, 1.54) is 155 Å². The molecule has 0 aromatic carbocycles. The predicted octanol–water partition coefficient (Wildman–Crippen LogP) is 8.24. The van der Waals surface area contributed by atoms with E-state index in [1.807, 2.05) is 0 Å². The smallest absolute Gasteiger partial charge is 0.00127 e. The predicted molar refractivity (Wildman–Crippen MR) is 148 cm³/mol. The molecule has 2 fully saturated rings. The highest BCUT2D eigenvalue weighted by molar-refractivity contribution is 4.91. The topological polar surface area (TPSA) is 6.48 Å². The van der Waals surface area contributed by atoms with Crippen LogP contribution in [0.2, 0.25) is 0 Å². The Balaban J connectivity index is 1.47. The van der Waals surface area contributed by atoms with Crippen LogP contribution in [-0.4, -0.2) is 49.1 Å². The van der Waals surface area contributed by atoms with Gasteiger partial charge < -0.3 is 9.80 Å². The largest absolute Gasteiger partial charge is 0.303 e. The van der Waals surface area contributed by atoms with Crippen LogP contribution in [0.25, 0.3) is 0 Å². The van der Waals surface area contributed by atoms with Crippen LogP contribution < -0.4 is 0 Å². The van der Waals surface area contributed by atoms with E-state index < -0.39 is 0 Å². The third kappa shape index (κ3) is 9.12. The number of rotatable bonds is 0. The summed E-state index contributed by atoms with van der Waals surface area (Å²) in [6, 6.07) is 0. The van der Waals surface area contributed by atoms with Gasteiger partial charge in [0.15, 0.2) is 0 Å². The van der Waals surface area contributed by atoms with Gasteiger partial charge in [-0.3, -0.25) is 0 Å². The molecule has 0 aromatic heterocycles. The number of hydrogen-bond acceptors (Lipinski definition) is 2. The summed E-state index contributed by atoms with van der Waals surface area (Å²) in [5, 5.41) is 0. The number of nitrogens with zero attached hydrogens (tertiary/aromatic N) is 2. The lowest BCUT2D eigenvalue weighted by molar-refractivity contribution is 0.0185. The second kappa shape index (κ2) is 15.5. The van der Waals surface area contributed by atoms with E-state index in [-0.39, 0.29) is 0 Å². The Labute approximate surface area is 212 Å². The monoisotopic (exact) mass is 468 g/mol. The minimum Gasteiger partial charge on any atom is -0.303 e. The van der Waals surface area contributed by atoms with Gasteiger partial charge in [-0.2, -0.15) is 0 Å². The lowest BCUT2D eigenvalue weighted by Crippen LogP contribution is -2.49. The number of fused-ring (bicyclic) bond motifs is 10. The van der Waals surface area contributed by atoms with Crippen LogP contribution in [0, 0.1) is 23.7 Å². The van der Waals surface area contributed by atoms with Crippen LogP contribution in [0.1, 0.15) is 116 Å². The molecule has 2 saturated heterocycles. The van der Waals surface area contributed by atoms with Gasteiger partial charge in [0.2, 0.25) is 0 Å². The van der Waals surface area contributed by atoms with Gasteiger partial charge in [-0.25, -0.2) is 0 Å². The molecule has 3 unspecified atom stereocenters. The van der Waals surface area contributed by atoms with Gasteiger partial charge in [0.1, 0.15) is 0 Å². The first-order valence-corrected chi connectivity index (χ1v) is 15.6. The summed E-state index contributed by atoms with van der Waals surface area (Å²) < 4.78 is 0. The second-order valence-corrected chi connectivity index (χ2v) is 12.3. The van der Waals surface area contributed by atoms with Crippen molar-refractivity contribution in [2.45, 2.75) is 116 Å². The van der Waals surface area contributed by atoms with Crippen molar-refractivity contribution in [2.75, 3.05) is 39.3 Å². The van der Waals surface area contributed by atoms with E-state index in [2.05, 4.69) is 34.1 Å². The lowest BCUT2D eigenvalue weighted by atomic mass is 9.69. The minimum absolute atomic E-state index is 0.957. The fraction of sp³-hybridized carbons (Fsp3) is 0.875. The fourth-order valence-electron chi connectivity index (χ4n) is 7.69. The van der Waals surface area contributed by atoms with Crippen molar-refractivity contribution in [2.24, 2.45) is 23.7 Å². The Morgan fingerprint density at radius 3 is 1.79 bits per heavy atom. The number of allylic oxidation sites excluding steroid dienone is 4. The van der Waals surface area contributed by atoms with Crippen molar-refractivity contribution in [1.29, 1.82) is 0 Å². The van der Waals surface area contributed by atoms with Gasteiger partial charge in [0, 0.05) is 19.6 Å². The van der Waals surface area contributed by atoms with E-state index in [1.54, 1.807) is 0 Å².